The predicted molar refractivity (Wildman–Crippen MR) is 49.4 cm³/mol. The second-order valence-corrected chi connectivity index (χ2v) is 3.61. The van der Waals surface area contributed by atoms with Gasteiger partial charge in [0.25, 0.3) is 0 Å². The molecule has 0 aliphatic rings. The Morgan fingerprint density at radius 1 is 1.85 bits per heavy atom. The van der Waals surface area contributed by atoms with Crippen molar-refractivity contribution in [3.63, 3.8) is 0 Å². The highest BCUT2D eigenvalue weighted by atomic mass is 32.1. The summed E-state index contributed by atoms with van der Waals surface area (Å²) in [5.41, 5.74) is 1.69. The van der Waals surface area contributed by atoms with E-state index in [0.29, 0.717) is 6.61 Å². The smallest absolute Gasteiger partial charge is 0.355 e. The molecule has 5 heteroatoms. The first-order valence-corrected chi connectivity index (χ1v) is 4.70. The van der Waals surface area contributed by atoms with Crippen molar-refractivity contribution in [3.8, 4) is 0 Å². The lowest BCUT2D eigenvalue weighted by Gasteiger charge is -2.07. The SMILES string of the molecule is COCC(C)c1scnc1C(=O)O. The number of hydrogen-bond acceptors (Lipinski definition) is 4. The number of rotatable bonds is 4. The molecule has 1 aromatic rings. The van der Waals surface area contributed by atoms with Gasteiger partial charge in [-0.25, -0.2) is 9.78 Å². The van der Waals surface area contributed by atoms with Gasteiger partial charge in [-0.1, -0.05) is 6.92 Å². The molecule has 0 radical (unpaired) electrons. The first-order chi connectivity index (χ1) is 6.16. The van der Waals surface area contributed by atoms with E-state index < -0.39 is 5.97 Å². The topological polar surface area (TPSA) is 59.4 Å². The van der Waals surface area contributed by atoms with E-state index in [0.717, 1.165) is 4.88 Å². The predicted octanol–water partition coefficient (Wildman–Crippen LogP) is 1.59. The summed E-state index contributed by atoms with van der Waals surface area (Å²) < 4.78 is 4.95. The number of carbonyl (C=O) groups is 1. The molecule has 0 aliphatic heterocycles. The molecule has 1 N–H and O–H groups in total. The first-order valence-electron chi connectivity index (χ1n) is 3.82. The Morgan fingerprint density at radius 2 is 2.54 bits per heavy atom. The molecule has 1 aromatic heterocycles. The average Bonchev–Trinajstić information content (AvgIpc) is 2.52. The second-order valence-electron chi connectivity index (χ2n) is 2.73. The van der Waals surface area contributed by atoms with Crippen LogP contribution in [-0.4, -0.2) is 29.8 Å². The molecule has 0 spiro atoms. The van der Waals surface area contributed by atoms with Crippen LogP contribution in [0.4, 0.5) is 0 Å². The molecule has 0 amide bonds. The fourth-order valence-electron chi connectivity index (χ4n) is 1.09. The van der Waals surface area contributed by atoms with Gasteiger partial charge in [-0.05, 0) is 0 Å². The minimum Gasteiger partial charge on any atom is -0.476 e. The monoisotopic (exact) mass is 201 g/mol. The van der Waals surface area contributed by atoms with E-state index in [1.807, 2.05) is 6.92 Å². The van der Waals surface area contributed by atoms with Crippen LogP contribution in [0.15, 0.2) is 5.51 Å². The maximum absolute atomic E-state index is 10.7. The lowest BCUT2D eigenvalue weighted by atomic mass is 10.1. The molecule has 13 heavy (non-hydrogen) atoms. The number of hydrogen-bond donors (Lipinski definition) is 1. The zero-order valence-corrected chi connectivity index (χ0v) is 8.30. The standard InChI is InChI=1S/C8H11NO3S/c1-5(3-12-2)7-6(8(10)11)9-4-13-7/h4-5H,3H2,1-2H3,(H,10,11). The van der Waals surface area contributed by atoms with Crippen molar-refractivity contribution in [2.24, 2.45) is 0 Å². The molecule has 1 unspecified atom stereocenters. The minimum absolute atomic E-state index is 0.0867. The average molecular weight is 201 g/mol. The molecule has 72 valence electrons. The normalized spacial score (nSPS) is 12.8. The van der Waals surface area contributed by atoms with Crippen LogP contribution in [0.3, 0.4) is 0 Å². The molecule has 1 rings (SSSR count). The Morgan fingerprint density at radius 3 is 3.08 bits per heavy atom. The van der Waals surface area contributed by atoms with E-state index in [1.165, 1.54) is 11.3 Å². The van der Waals surface area contributed by atoms with Crippen molar-refractivity contribution in [1.82, 2.24) is 4.98 Å². The van der Waals surface area contributed by atoms with Crippen LogP contribution < -0.4 is 0 Å². The largest absolute Gasteiger partial charge is 0.476 e. The van der Waals surface area contributed by atoms with E-state index in [9.17, 15) is 4.79 Å². The molecular weight excluding hydrogens is 190 g/mol. The van der Waals surface area contributed by atoms with E-state index in [-0.39, 0.29) is 11.6 Å². The molecule has 0 aromatic carbocycles. The van der Waals surface area contributed by atoms with Gasteiger partial charge in [-0.2, -0.15) is 0 Å². The molecule has 0 fully saturated rings. The molecule has 0 bridgehead atoms. The summed E-state index contributed by atoms with van der Waals surface area (Å²) in [6.45, 7) is 2.44. The van der Waals surface area contributed by atoms with Gasteiger partial charge in [0.1, 0.15) is 0 Å². The van der Waals surface area contributed by atoms with Crippen LogP contribution in [0, 0.1) is 0 Å². The van der Waals surface area contributed by atoms with Gasteiger partial charge in [-0.15, -0.1) is 11.3 Å². The summed E-state index contributed by atoms with van der Waals surface area (Å²) in [5.74, 6) is -0.886. The highest BCUT2D eigenvalue weighted by molar-refractivity contribution is 7.10. The van der Waals surface area contributed by atoms with E-state index in [1.54, 1.807) is 12.6 Å². The maximum Gasteiger partial charge on any atom is 0.355 e. The number of ether oxygens (including phenoxy) is 1. The summed E-state index contributed by atoms with van der Waals surface area (Å²) in [4.78, 5) is 15.2. The van der Waals surface area contributed by atoms with Crippen molar-refractivity contribution >= 4 is 17.3 Å². The highest BCUT2D eigenvalue weighted by Crippen LogP contribution is 2.23. The van der Waals surface area contributed by atoms with E-state index in [4.69, 9.17) is 9.84 Å². The molecule has 4 nitrogen and oxygen atoms in total. The van der Waals surface area contributed by atoms with E-state index >= 15 is 0 Å². The summed E-state index contributed by atoms with van der Waals surface area (Å²) in [5, 5.41) is 8.78. The van der Waals surface area contributed by atoms with Crippen LogP contribution in [0.25, 0.3) is 0 Å². The number of carboxylic acid groups (broad SMARTS) is 1. The molecule has 0 saturated carbocycles. The summed E-state index contributed by atoms with van der Waals surface area (Å²) in [7, 11) is 1.60. The van der Waals surface area contributed by atoms with Gasteiger partial charge in [-0.3, -0.25) is 0 Å². The lowest BCUT2D eigenvalue weighted by Crippen LogP contribution is -2.07. The number of aromatic nitrogens is 1. The van der Waals surface area contributed by atoms with E-state index in [2.05, 4.69) is 4.98 Å². The van der Waals surface area contributed by atoms with Gasteiger partial charge >= 0.3 is 5.97 Å². The van der Waals surface area contributed by atoms with Gasteiger partial charge < -0.3 is 9.84 Å². The Bertz CT molecular complexity index is 297. The minimum atomic E-state index is -0.973. The Labute approximate surface area is 80.2 Å². The first kappa shape index (κ1) is 10.1. The van der Waals surface area contributed by atoms with Crippen LogP contribution in [0.5, 0.6) is 0 Å². The zero-order valence-electron chi connectivity index (χ0n) is 7.48. The number of carboxylic acids is 1. The summed E-state index contributed by atoms with van der Waals surface area (Å²) >= 11 is 1.35. The third-order valence-corrected chi connectivity index (χ3v) is 2.72. The summed E-state index contributed by atoms with van der Waals surface area (Å²) in [6, 6.07) is 0. The Hall–Kier alpha value is -0.940. The third-order valence-electron chi connectivity index (χ3n) is 1.66. The quantitative estimate of drug-likeness (QED) is 0.803. The van der Waals surface area contributed by atoms with Crippen LogP contribution in [0.1, 0.15) is 28.2 Å². The van der Waals surface area contributed by atoms with Crippen molar-refractivity contribution in [1.29, 1.82) is 0 Å². The van der Waals surface area contributed by atoms with Crippen molar-refractivity contribution in [2.45, 2.75) is 12.8 Å². The van der Waals surface area contributed by atoms with Gasteiger partial charge in [0.05, 0.1) is 12.1 Å². The number of methoxy groups -OCH3 is 1. The van der Waals surface area contributed by atoms with Crippen LogP contribution in [0.2, 0.25) is 0 Å². The van der Waals surface area contributed by atoms with Crippen molar-refractivity contribution in [2.75, 3.05) is 13.7 Å². The van der Waals surface area contributed by atoms with Crippen LogP contribution in [-0.2, 0) is 4.74 Å². The third kappa shape index (κ3) is 2.26. The number of nitrogens with zero attached hydrogens (tertiary/aromatic N) is 1. The molecule has 1 heterocycles. The van der Waals surface area contributed by atoms with Crippen molar-refractivity contribution in [3.05, 3.63) is 16.1 Å². The Balaban J connectivity index is 2.86. The molecule has 1 atom stereocenters. The highest BCUT2D eigenvalue weighted by Gasteiger charge is 2.18. The maximum atomic E-state index is 10.7. The fourth-order valence-corrected chi connectivity index (χ4v) is 1.91. The van der Waals surface area contributed by atoms with Gasteiger partial charge in [0.2, 0.25) is 0 Å². The Kier molecular flexibility index (Phi) is 3.39. The molecule has 0 aliphatic carbocycles. The number of thiazole rings is 1. The van der Waals surface area contributed by atoms with Gasteiger partial charge in [0.15, 0.2) is 5.69 Å². The zero-order chi connectivity index (χ0) is 9.84. The summed E-state index contributed by atoms with van der Waals surface area (Å²) in [6.07, 6.45) is 0. The molecule has 0 saturated heterocycles. The van der Waals surface area contributed by atoms with Gasteiger partial charge in [0, 0.05) is 17.9 Å². The number of aromatic carboxylic acids is 1. The van der Waals surface area contributed by atoms with Crippen LogP contribution >= 0.6 is 11.3 Å². The van der Waals surface area contributed by atoms with Crippen molar-refractivity contribution < 1.29 is 14.6 Å². The lowest BCUT2D eigenvalue weighted by molar-refractivity contribution is 0.0689. The fraction of sp³-hybridized carbons (Fsp3) is 0.500. The second kappa shape index (κ2) is 4.34. The molecular formula is C8H11NO3S.